The number of allylic oxidation sites excluding steroid dienone is 1. The number of rotatable bonds is 6. The van der Waals surface area contributed by atoms with Crippen molar-refractivity contribution in [2.24, 2.45) is 5.92 Å². The molecule has 2 heterocycles. The number of carbonyl (C=O) groups is 2. The first-order valence-corrected chi connectivity index (χ1v) is 11.0. The van der Waals surface area contributed by atoms with Crippen LogP contribution in [0.3, 0.4) is 0 Å². The molecule has 1 N–H and O–H groups in total. The summed E-state index contributed by atoms with van der Waals surface area (Å²) in [6, 6.07) is 8.13. The van der Waals surface area contributed by atoms with Crippen LogP contribution in [0.2, 0.25) is 0 Å². The molecule has 1 spiro atoms. The van der Waals surface area contributed by atoms with Crippen LogP contribution in [0.25, 0.3) is 6.08 Å². The Morgan fingerprint density at radius 2 is 1.87 bits per heavy atom. The van der Waals surface area contributed by atoms with Gasteiger partial charge in [-0.1, -0.05) is 42.8 Å². The van der Waals surface area contributed by atoms with Crippen LogP contribution in [-0.2, 0) is 9.59 Å². The molecule has 0 radical (unpaired) electrons. The molecular weight excluding hydrogens is 378 g/mol. The van der Waals surface area contributed by atoms with Gasteiger partial charge in [-0.05, 0) is 45.0 Å². The van der Waals surface area contributed by atoms with Crippen LogP contribution >= 0.6 is 0 Å². The van der Waals surface area contributed by atoms with Gasteiger partial charge in [-0.15, -0.1) is 0 Å². The first-order chi connectivity index (χ1) is 14.4. The fourth-order valence-corrected chi connectivity index (χ4v) is 5.44. The van der Waals surface area contributed by atoms with E-state index in [-0.39, 0.29) is 36.3 Å². The molecule has 0 bridgehead atoms. The standard InChI is InChI=1S/C24H33N3O3/c1-4-6-17-9-11-18(12-10-17)22-20(14-28)27(21(29)13-25(2)3)24(22)15-26(16-24)23(30)19-7-5-8-19/h4,6,9-12,19-20,22,28H,5,7-8,13-16H2,1-3H3/t20-,22+/m0/s1. The summed E-state index contributed by atoms with van der Waals surface area (Å²) >= 11 is 0. The molecule has 2 amide bonds. The minimum Gasteiger partial charge on any atom is -0.394 e. The highest BCUT2D eigenvalue weighted by Gasteiger charge is 2.68. The van der Waals surface area contributed by atoms with Crippen LogP contribution in [0.5, 0.6) is 0 Å². The third-order valence-corrected chi connectivity index (χ3v) is 7.03. The summed E-state index contributed by atoms with van der Waals surface area (Å²) in [6.45, 7) is 3.37. The quantitative estimate of drug-likeness (QED) is 0.777. The Morgan fingerprint density at radius 3 is 2.37 bits per heavy atom. The number of benzene rings is 1. The zero-order valence-electron chi connectivity index (χ0n) is 18.3. The zero-order valence-corrected chi connectivity index (χ0v) is 18.3. The van der Waals surface area contributed by atoms with Gasteiger partial charge < -0.3 is 19.8 Å². The number of nitrogens with zero attached hydrogens (tertiary/aromatic N) is 3. The van der Waals surface area contributed by atoms with Crippen molar-refractivity contribution in [3.8, 4) is 0 Å². The molecule has 1 aromatic rings. The highest BCUT2D eigenvalue weighted by atomic mass is 16.3. The molecule has 1 saturated carbocycles. The number of carbonyl (C=O) groups excluding carboxylic acids is 2. The summed E-state index contributed by atoms with van der Waals surface area (Å²) < 4.78 is 0. The second kappa shape index (κ2) is 8.16. The van der Waals surface area contributed by atoms with Crippen molar-refractivity contribution in [1.29, 1.82) is 0 Å². The Kier molecular flexibility index (Phi) is 5.73. The molecule has 1 aromatic carbocycles. The minimum absolute atomic E-state index is 0.0246. The first-order valence-electron chi connectivity index (χ1n) is 11.0. The van der Waals surface area contributed by atoms with E-state index in [9.17, 15) is 14.7 Å². The maximum atomic E-state index is 13.1. The number of aliphatic hydroxyl groups excluding tert-OH is 1. The molecule has 3 aliphatic rings. The molecule has 4 rings (SSSR count). The van der Waals surface area contributed by atoms with Gasteiger partial charge >= 0.3 is 0 Å². The summed E-state index contributed by atoms with van der Waals surface area (Å²) in [7, 11) is 3.76. The first kappa shape index (κ1) is 21.1. The third-order valence-electron chi connectivity index (χ3n) is 7.03. The SMILES string of the molecule is CC=Cc1ccc([C@@H]2[C@H](CO)N(C(=O)CN(C)C)C23CN(C(=O)C2CCC2)C3)cc1. The molecule has 1 aliphatic carbocycles. The lowest BCUT2D eigenvalue weighted by Gasteiger charge is -2.70. The number of amides is 2. The normalized spacial score (nSPS) is 25.4. The van der Waals surface area contributed by atoms with Crippen LogP contribution < -0.4 is 0 Å². The van der Waals surface area contributed by atoms with E-state index in [2.05, 4.69) is 30.3 Å². The molecule has 3 fully saturated rings. The molecular formula is C24H33N3O3. The van der Waals surface area contributed by atoms with Crippen molar-refractivity contribution in [1.82, 2.24) is 14.7 Å². The number of likely N-dealkylation sites (N-methyl/N-ethyl adjacent to an activating group) is 1. The molecule has 0 unspecified atom stereocenters. The van der Waals surface area contributed by atoms with Gasteiger partial charge in [0.25, 0.3) is 0 Å². The van der Waals surface area contributed by atoms with E-state index in [0.717, 1.165) is 30.4 Å². The number of hydrogen-bond acceptors (Lipinski definition) is 4. The second-order valence-electron chi connectivity index (χ2n) is 9.32. The Bertz CT molecular complexity index is 823. The Hall–Kier alpha value is -2.18. The van der Waals surface area contributed by atoms with E-state index < -0.39 is 5.54 Å². The average Bonchev–Trinajstić information content (AvgIpc) is 2.59. The zero-order chi connectivity index (χ0) is 21.5. The molecule has 30 heavy (non-hydrogen) atoms. The predicted molar refractivity (Wildman–Crippen MR) is 117 cm³/mol. The fraction of sp³-hybridized carbons (Fsp3) is 0.583. The van der Waals surface area contributed by atoms with Gasteiger partial charge in [-0.2, -0.15) is 0 Å². The predicted octanol–water partition coefficient (Wildman–Crippen LogP) is 1.95. The van der Waals surface area contributed by atoms with E-state index in [1.807, 2.05) is 41.8 Å². The lowest BCUT2D eigenvalue weighted by Crippen LogP contribution is -2.86. The van der Waals surface area contributed by atoms with Gasteiger partial charge in [0.2, 0.25) is 11.8 Å². The van der Waals surface area contributed by atoms with Crippen molar-refractivity contribution in [3.05, 3.63) is 41.5 Å². The van der Waals surface area contributed by atoms with Crippen molar-refractivity contribution in [3.63, 3.8) is 0 Å². The lowest BCUT2D eigenvalue weighted by atomic mass is 9.60. The van der Waals surface area contributed by atoms with Gasteiger partial charge in [0.05, 0.1) is 24.7 Å². The Labute approximate surface area is 179 Å². The van der Waals surface area contributed by atoms with Crippen molar-refractivity contribution in [2.75, 3.05) is 40.3 Å². The maximum Gasteiger partial charge on any atom is 0.237 e. The summed E-state index contributed by atoms with van der Waals surface area (Å²) in [5, 5.41) is 10.2. The van der Waals surface area contributed by atoms with Crippen molar-refractivity contribution in [2.45, 2.75) is 43.7 Å². The van der Waals surface area contributed by atoms with E-state index >= 15 is 0 Å². The fourth-order valence-electron chi connectivity index (χ4n) is 5.44. The smallest absolute Gasteiger partial charge is 0.237 e. The topological polar surface area (TPSA) is 64.1 Å². The average molecular weight is 412 g/mol. The molecule has 2 atom stereocenters. The summed E-state index contributed by atoms with van der Waals surface area (Å²) in [6.07, 6.45) is 7.17. The summed E-state index contributed by atoms with van der Waals surface area (Å²) in [4.78, 5) is 31.5. The minimum atomic E-state index is -0.401. The molecule has 2 saturated heterocycles. The van der Waals surface area contributed by atoms with Crippen LogP contribution in [-0.4, -0.2) is 83.5 Å². The van der Waals surface area contributed by atoms with Gasteiger partial charge in [0, 0.05) is 24.9 Å². The van der Waals surface area contributed by atoms with Gasteiger partial charge in [-0.25, -0.2) is 0 Å². The second-order valence-corrected chi connectivity index (χ2v) is 9.32. The van der Waals surface area contributed by atoms with Crippen molar-refractivity contribution < 1.29 is 14.7 Å². The van der Waals surface area contributed by atoms with Gasteiger partial charge in [-0.3, -0.25) is 9.59 Å². The van der Waals surface area contributed by atoms with Crippen LogP contribution in [0.15, 0.2) is 30.3 Å². The third kappa shape index (κ3) is 3.36. The number of likely N-dealkylation sites (tertiary alicyclic amines) is 2. The van der Waals surface area contributed by atoms with E-state index in [4.69, 9.17) is 0 Å². The highest BCUT2D eigenvalue weighted by molar-refractivity contribution is 5.85. The monoisotopic (exact) mass is 411 g/mol. The van der Waals surface area contributed by atoms with E-state index in [1.54, 1.807) is 0 Å². The van der Waals surface area contributed by atoms with E-state index in [0.29, 0.717) is 19.6 Å². The molecule has 6 nitrogen and oxygen atoms in total. The van der Waals surface area contributed by atoms with E-state index in [1.165, 1.54) is 0 Å². The van der Waals surface area contributed by atoms with Crippen LogP contribution in [0, 0.1) is 5.92 Å². The molecule has 162 valence electrons. The summed E-state index contributed by atoms with van der Waals surface area (Å²) in [5.41, 5.74) is 1.86. The summed E-state index contributed by atoms with van der Waals surface area (Å²) in [5.74, 6) is 0.470. The van der Waals surface area contributed by atoms with Gasteiger partial charge in [0.15, 0.2) is 0 Å². The lowest BCUT2D eigenvalue weighted by molar-refractivity contribution is -0.205. The number of hydrogen-bond donors (Lipinski definition) is 1. The Balaban J connectivity index is 1.60. The number of aliphatic hydroxyl groups is 1. The Morgan fingerprint density at radius 1 is 1.20 bits per heavy atom. The molecule has 0 aromatic heterocycles. The van der Waals surface area contributed by atoms with Crippen molar-refractivity contribution >= 4 is 17.9 Å². The van der Waals surface area contributed by atoms with Crippen LogP contribution in [0.1, 0.15) is 43.2 Å². The molecule has 6 heteroatoms. The maximum absolute atomic E-state index is 13.1. The van der Waals surface area contributed by atoms with Crippen LogP contribution in [0.4, 0.5) is 0 Å². The molecule has 2 aliphatic heterocycles. The highest BCUT2D eigenvalue weighted by Crippen LogP contribution is 2.54. The van der Waals surface area contributed by atoms with Gasteiger partial charge in [0.1, 0.15) is 0 Å². The largest absolute Gasteiger partial charge is 0.394 e.